The molecule has 6 rings (SSSR count). The second kappa shape index (κ2) is 14.7. The number of hydrogen-bond donors (Lipinski definition) is 4. The Kier molecular flexibility index (Phi) is 10.5. The highest BCUT2D eigenvalue weighted by atomic mass is 32.1. The van der Waals surface area contributed by atoms with E-state index in [9.17, 15) is 24.2 Å². The number of anilines is 1. The number of aliphatic hydroxyl groups excluding tert-OH is 2. The molecule has 2 aliphatic heterocycles. The lowest BCUT2D eigenvalue weighted by Crippen LogP contribution is -2.46. The fourth-order valence-electron chi connectivity index (χ4n) is 5.16. The molecule has 0 bridgehead atoms. The number of aromatic nitrogens is 1. The monoisotopic (exact) mass is 632 g/mol. The molecular formula is C34H33FN2O7S. The number of β-lactam (4-membered cyclic amide) rings is 1. The van der Waals surface area contributed by atoms with Crippen molar-refractivity contribution in [2.75, 3.05) is 10.7 Å². The predicted molar refractivity (Wildman–Crippen MR) is 168 cm³/mol. The van der Waals surface area contributed by atoms with E-state index in [4.69, 9.17) is 14.6 Å². The van der Waals surface area contributed by atoms with E-state index in [0.29, 0.717) is 23.5 Å². The van der Waals surface area contributed by atoms with Crippen LogP contribution >= 0.6 is 12.6 Å². The summed E-state index contributed by atoms with van der Waals surface area (Å²) in [6, 6.07) is 24.7. The van der Waals surface area contributed by atoms with Gasteiger partial charge in [0.15, 0.2) is 6.10 Å². The number of carboxylic acid groups (broad SMARTS) is 1. The summed E-state index contributed by atoms with van der Waals surface area (Å²) >= 11 is 3.91. The summed E-state index contributed by atoms with van der Waals surface area (Å²) in [5.41, 5.74) is 4.54. The number of nitrogens with zero attached hydrogens (tertiary/aromatic N) is 2. The van der Waals surface area contributed by atoms with E-state index in [-0.39, 0.29) is 30.6 Å². The number of pyridine rings is 1. The van der Waals surface area contributed by atoms with Crippen LogP contribution in [0.25, 0.3) is 11.1 Å². The maximum Gasteiger partial charge on any atom is 0.333 e. The summed E-state index contributed by atoms with van der Waals surface area (Å²) in [4.78, 5) is 29.5. The first kappa shape index (κ1) is 32.1. The van der Waals surface area contributed by atoms with Gasteiger partial charge in [-0.1, -0.05) is 42.5 Å². The lowest BCUT2D eigenvalue weighted by atomic mass is 9.92. The van der Waals surface area contributed by atoms with Crippen LogP contribution in [0.15, 0.2) is 97.3 Å². The molecule has 0 saturated carbocycles. The van der Waals surface area contributed by atoms with Crippen LogP contribution in [0.5, 0.6) is 5.75 Å². The minimum Gasteiger partial charge on any atom is -0.479 e. The van der Waals surface area contributed by atoms with E-state index >= 15 is 0 Å². The van der Waals surface area contributed by atoms with E-state index in [1.807, 2.05) is 48.5 Å². The van der Waals surface area contributed by atoms with Gasteiger partial charge in [0.1, 0.15) is 11.6 Å². The number of amides is 1. The molecule has 0 spiro atoms. The molecule has 0 radical (unpaired) electrons. The SMILES string of the molecule is O=C(O)C1CC(O)CC(Oc2ccc(C3CC(=O)N3c3ccc(-c4cccnc4)cc3)cc2)O1.OC(CS)c1ccc(F)cc1. The lowest BCUT2D eigenvalue weighted by Gasteiger charge is -2.41. The van der Waals surface area contributed by atoms with Crippen molar-refractivity contribution in [2.24, 2.45) is 0 Å². The van der Waals surface area contributed by atoms with E-state index in [1.165, 1.54) is 12.1 Å². The van der Waals surface area contributed by atoms with E-state index in [0.717, 1.165) is 22.4 Å². The number of carbonyl (C=O) groups excluding carboxylic acids is 1. The van der Waals surface area contributed by atoms with E-state index < -0.39 is 30.6 Å². The largest absolute Gasteiger partial charge is 0.479 e. The van der Waals surface area contributed by atoms with Crippen molar-refractivity contribution in [3.63, 3.8) is 0 Å². The smallest absolute Gasteiger partial charge is 0.333 e. The molecule has 2 saturated heterocycles. The second-order valence-electron chi connectivity index (χ2n) is 10.7. The van der Waals surface area contributed by atoms with Crippen molar-refractivity contribution in [1.82, 2.24) is 4.98 Å². The van der Waals surface area contributed by atoms with Gasteiger partial charge >= 0.3 is 5.97 Å². The molecule has 9 nitrogen and oxygen atoms in total. The van der Waals surface area contributed by atoms with Crippen LogP contribution < -0.4 is 9.64 Å². The number of carboxylic acids is 1. The van der Waals surface area contributed by atoms with Crippen molar-refractivity contribution in [2.45, 2.75) is 49.9 Å². The van der Waals surface area contributed by atoms with Crippen molar-refractivity contribution in [3.05, 3.63) is 114 Å². The average Bonchev–Trinajstić information content (AvgIpc) is 3.05. The summed E-state index contributed by atoms with van der Waals surface area (Å²) in [5, 5.41) is 28.3. The molecule has 1 amide bonds. The molecule has 5 atom stereocenters. The van der Waals surface area contributed by atoms with Gasteiger partial charge in [0.2, 0.25) is 12.2 Å². The molecule has 3 aromatic carbocycles. The summed E-state index contributed by atoms with van der Waals surface area (Å²) in [6.45, 7) is 0. The van der Waals surface area contributed by atoms with Crippen LogP contribution in [0.3, 0.4) is 0 Å². The zero-order valence-electron chi connectivity index (χ0n) is 24.1. The number of halogens is 1. The minimum absolute atomic E-state index is 0.0445. The third-order valence-corrected chi connectivity index (χ3v) is 7.94. The molecule has 234 valence electrons. The van der Waals surface area contributed by atoms with Crippen LogP contribution in [0.2, 0.25) is 0 Å². The Morgan fingerprint density at radius 2 is 1.73 bits per heavy atom. The van der Waals surface area contributed by atoms with Gasteiger partial charge < -0.3 is 29.7 Å². The standard InChI is InChI=1S/C26H24N2O6.C8H9FOS/c29-20-12-23(26(31)32)34-25(13-20)33-21-9-5-17(6-10-21)22-14-24(30)28(22)19-7-3-16(4-8-19)18-2-1-11-27-15-18;9-7-3-1-6(2-4-7)8(10)5-11/h1-11,15,20,22-23,25,29H,12-14H2,(H,31,32);1-4,8,10-11H,5H2. The number of benzene rings is 3. The predicted octanol–water partition coefficient (Wildman–Crippen LogP) is 5.34. The Labute approximate surface area is 265 Å². The first-order valence-corrected chi connectivity index (χ1v) is 15.0. The van der Waals surface area contributed by atoms with Gasteiger partial charge in [-0.2, -0.15) is 12.6 Å². The highest BCUT2D eigenvalue weighted by Crippen LogP contribution is 2.40. The summed E-state index contributed by atoms with van der Waals surface area (Å²) in [5.74, 6) is -0.495. The first-order valence-electron chi connectivity index (χ1n) is 14.4. The van der Waals surface area contributed by atoms with Crippen LogP contribution in [-0.4, -0.2) is 56.4 Å². The topological polar surface area (TPSA) is 129 Å². The highest BCUT2D eigenvalue weighted by molar-refractivity contribution is 7.80. The second-order valence-corrected chi connectivity index (χ2v) is 11.1. The fourth-order valence-corrected chi connectivity index (χ4v) is 5.37. The lowest BCUT2D eigenvalue weighted by molar-refractivity contribution is -0.195. The highest BCUT2D eigenvalue weighted by Gasteiger charge is 2.38. The Morgan fingerprint density at radius 3 is 2.33 bits per heavy atom. The maximum absolute atomic E-state index is 12.4. The molecular weight excluding hydrogens is 599 g/mol. The van der Waals surface area contributed by atoms with Crippen LogP contribution in [0, 0.1) is 5.82 Å². The zero-order valence-corrected chi connectivity index (χ0v) is 25.0. The molecule has 45 heavy (non-hydrogen) atoms. The molecule has 2 aliphatic rings. The maximum atomic E-state index is 12.4. The number of rotatable bonds is 8. The van der Waals surface area contributed by atoms with Crippen LogP contribution in [0.4, 0.5) is 10.1 Å². The number of ether oxygens (including phenoxy) is 2. The molecule has 11 heteroatoms. The van der Waals surface area contributed by atoms with Crippen molar-refractivity contribution < 1.29 is 38.8 Å². The Bertz CT molecular complexity index is 1570. The third-order valence-electron chi connectivity index (χ3n) is 7.59. The molecule has 4 aromatic rings. The summed E-state index contributed by atoms with van der Waals surface area (Å²) in [7, 11) is 0. The number of aliphatic hydroxyl groups is 2. The van der Waals surface area contributed by atoms with E-state index in [2.05, 4.69) is 17.6 Å². The fraction of sp³-hybridized carbons (Fsp3) is 0.265. The van der Waals surface area contributed by atoms with Crippen LogP contribution in [-0.2, 0) is 14.3 Å². The molecule has 5 unspecified atom stereocenters. The Hall–Kier alpha value is -4.29. The van der Waals surface area contributed by atoms with Gasteiger partial charge in [-0.15, -0.1) is 0 Å². The Balaban J connectivity index is 0.000000309. The third kappa shape index (κ3) is 8.06. The number of hydrogen-bond acceptors (Lipinski definition) is 8. The Morgan fingerprint density at radius 1 is 1.02 bits per heavy atom. The van der Waals surface area contributed by atoms with Gasteiger partial charge in [0.05, 0.1) is 24.7 Å². The quantitative estimate of drug-likeness (QED) is 0.151. The summed E-state index contributed by atoms with van der Waals surface area (Å²) < 4.78 is 23.5. The van der Waals surface area contributed by atoms with E-state index in [1.54, 1.807) is 41.6 Å². The van der Waals surface area contributed by atoms with Gasteiger partial charge in [0, 0.05) is 36.7 Å². The minimum atomic E-state index is -1.12. The number of thiol groups is 1. The normalized spacial score (nSPS) is 21.6. The van der Waals surface area contributed by atoms with Crippen molar-refractivity contribution in [3.8, 4) is 16.9 Å². The van der Waals surface area contributed by atoms with Gasteiger partial charge in [-0.25, -0.2) is 9.18 Å². The van der Waals surface area contributed by atoms with Gasteiger partial charge in [-0.05, 0) is 64.7 Å². The molecule has 3 heterocycles. The zero-order chi connectivity index (χ0) is 31.9. The van der Waals surface area contributed by atoms with Crippen molar-refractivity contribution in [1.29, 1.82) is 0 Å². The molecule has 2 fully saturated rings. The molecule has 0 aliphatic carbocycles. The van der Waals surface area contributed by atoms with Crippen molar-refractivity contribution >= 4 is 30.2 Å². The van der Waals surface area contributed by atoms with Gasteiger partial charge in [0.25, 0.3) is 0 Å². The van der Waals surface area contributed by atoms with Crippen LogP contribution in [0.1, 0.15) is 42.5 Å². The first-order chi connectivity index (χ1) is 21.7. The molecule has 1 aromatic heterocycles. The number of carbonyl (C=O) groups is 2. The van der Waals surface area contributed by atoms with Gasteiger partial charge in [-0.3, -0.25) is 9.78 Å². The average molecular weight is 633 g/mol. The molecule has 3 N–H and O–H groups in total. The summed E-state index contributed by atoms with van der Waals surface area (Å²) in [6.07, 6.45) is 0.879. The number of aliphatic carboxylic acids is 1.